The first-order valence-corrected chi connectivity index (χ1v) is 2.87. The lowest BCUT2D eigenvalue weighted by Gasteiger charge is -2.05. The first-order valence-electron chi connectivity index (χ1n) is 2.87. The van der Waals surface area contributed by atoms with Gasteiger partial charge >= 0.3 is 6.03 Å². The third-order valence-corrected chi connectivity index (χ3v) is 1.00. The van der Waals surface area contributed by atoms with Crippen molar-refractivity contribution in [3.8, 4) is 6.19 Å². The third-order valence-electron chi connectivity index (χ3n) is 1.00. The lowest BCUT2D eigenvalue weighted by Crippen LogP contribution is -2.32. The molecule has 1 aromatic heterocycles. The lowest BCUT2D eigenvalue weighted by atomic mass is 10.7. The fraction of sp³-hybridized carbons (Fsp3) is 0. The molecule has 0 aliphatic carbocycles. The van der Waals surface area contributed by atoms with Gasteiger partial charge < -0.3 is 5.73 Å². The molecule has 0 aliphatic heterocycles. The largest absolute Gasteiger partial charge is 0.350 e. The molecule has 1 rings (SSSR count). The minimum absolute atomic E-state index is 0.0833. The first-order chi connectivity index (χ1) is 5.75. The molecule has 7 heteroatoms. The maximum atomic E-state index is 10.6. The van der Waals surface area contributed by atoms with E-state index in [-0.39, 0.29) is 5.95 Å². The van der Waals surface area contributed by atoms with Crippen LogP contribution >= 0.6 is 0 Å². The monoisotopic (exact) mass is 164 g/mol. The number of carbonyl (C=O) groups is 1. The molecule has 1 heterocycles. The number of hydrogen-bond donors (Lipinski definition) is 1. The van der Waals surface area contributed by atoms with Crippen LogP contribution in [0.25, 0.3) is 0 Å². The minimum atomic E-state index is -0.927. The molecule has 0 saturated carbocycles. The van der Waals surface area contributed by atoms with Crippen LogP contribution in [-0.2, 0) is 0 Å². The molecule has 0 atom stereocenters. The van der Waals surface area contributed by atoms with Gasteiger partial charge in [0.15, 0.2) is 6.19 Å². The van der Waals surface area contributed by atoms with Crippen molar-refractivity contribution in [3.05, 3.63) is 12.7 Å². The average Bonchev–Trinajstić information content (AvgIpc) is 2.07. The average molecular weight is 164 g/mol. The second-order valence-electron chi connectivity index (χ2n) is 1.71. The number of carbonyl (C=O) groups excluding carboxylic acids is 1. The Labute approximate surface area is 67.5 Å². The molecule has 0 saturated heterocycles. The Kier molecular flexibility index (Phi) is 2.13. The summed E-state index contributed by atoms with van der Waals surface area (Å²) in [6.45, 7) is 0. The Morgan fingerprint density at radius 3 is 2.58 bits per heavy atom. The summed E-state index contributed by atoms with van der Waals surface area (Å²) >= 11 is 0. The van der Waals surface area contributed by atoms with E-state index in [1.54, 1.807) is 0 Å². The van der Waals surface area contributed by atoms with Gasteiger partial charge in [0.2, 0.25) is 5.95 Å². The molecule has 60 valence electrons. The summed E-state index contributed by atoms with van der Waals surface area (Å²) in [6.07, 6.45) is 3.85. The first kappa shape index (κ1) is 7.87. The molecule has 0 radical (unpaired) electrons. The Balaban J connectivity index is 2.98. The van der Waals surface area contributed by atoms with Gasteiger partial charge in [-0.2, -0.15) is 20.1 Å². The number of anilines is 1. The standard InChI is InChI=1S/C5H4N6O/c6-1-11(4(7)12)5-9-2-8-3-10-5/h2-3H,(H2,7,12). The van der Waals surface area contributed by atoms with Crippen molar-refractivity contribution in [1.29, 1.82) is 5.26 Å². The van der Waals surface area contributed by atoms with Gasteiger partial charge in [0.1, 0.15) is 12.7 Å². The van der Waals surface area contributed by atoms with E-state index in [1.165, 1.54) is 6.19 Å². The summed E-state index contributed by atoms with van der Waals surface area (Å²) in [6, 6.07) is -0.927. The summed E-state index contributed by atoms with van der Waals surface area (Å²) < 4.78 is 0. The van der Waals surface area contributed by atoms with E-state index in [4.69, 9.17) is 11.0 Å². The van der Waals surface area contributed by atoms with Gasteiger partial charge in [-0.1, -0.05) is 0 Å². The molecule has 7 nitrogen and oxygen atoms in total. The van der Waals surface area contributed by atoms with E-state index < -0.39 is 6.03 Å². The third kappa shape index (κ3) is 1.43. The van der Waals surface area contributed by atoms with Gasteiger partial charge in [-0.3, -0.25) is 0 Å². The summed E-state index contributed by atoms with van der Waals surface area (Å²) in [5.74, 6) is -0.0833. The zero-order chi connectivity index (χ0) is 8.97. The van der Waals surface area contributed by atoms with E-state index in [9.17, 15) is 4.79 Å². The van der Waals surface area contributed by atoms with Gasteiger partial charge in [0.05, 0.1) is 0 Å². The molecular formula is C5H4N6O. The summed E-state index contributed by atoms with van der Waals surface area (Å²) in [4.78, 5) is 21.7. The van der Waals surface area contributed by atoms with E-state index in [0.717, 1.165) is 12.7 Å². The van der Waals surface area contributed by atoms with Crippen molar-refractivity contribution in [2.45, 2.75) is 0 Å². The van der Waals surface area contributed by atoms with Gasteiger partial charge in [-0.25, -0.2) is 9.78 Å². The molecule has 0 aromatic carbocycles. The van der Waals surface area contributed by atoms with Gasteiger partial charge in [0, 0.05) is 0 Å². The highest BCUT2D eigenvalue weighted by Crippen LogP contribution is 2.00. The topological polar surface area (TPSA) is 109 Å². The van der Waals surface area contributed by atoms with Gasteiger partial charge in [0.25, 0.3) is 0 Å². The van der Waals surface area contributed by atoms with Crippen LogP contribution in [-0.4, -0.2) is 21.0 Å². The molecule has 2 amide bonds. The predicted molar refractivity (Wildman–Crippen MR) is 37.5 cm³/mol. The molecule has 0 spiro atoms. The van der Waals surface area contributed by atoms with Crippen LogP contribution in [0.1, 0.15) is 0 Å². The fourth-order valence-corrected chi connectivity index (χ4v) is 0.541. The highest BCUT2D eigenvalue weighted by molar-refractivity contribution is 5.91. The van der Waals surface area contributed by atoms with Crippen LogP contribution in [0.5, 0.6) is 0 Å². The quantitative estimate of drug-likeness (QED) is 0.433. The molecule has 0 aliphatic rings. The number of aromatic nitrogens is 3. The zero-order valence-electron chi connectivity index (χ0n) is 5.88. The van der Waals surface area contributed by atoms with Crippen LogP contribution in [0.2, 0.25) is 0 Å². The van der Waals surface area contributed by atoms with Crippen molar-refractivity contribution in [1.82, 2.24) is 15.0 Å². The Morgan fingerprint density at radius 2 is 2.17 bits per heavy atom. The molecule has 0 bridgehead atoms. The lowest BCUT2D eigenvalue weighted by molar-refractivity contribution is 0.256. The van der Waals surface area contributed by atoms with Crippen molar-refractivity contribution in [2.75, 3.05) is 4.90 Å². The molecule has 0 fully saturated rings. The highest BCUT2D eigenvalue weighted by Gasteiger charge is 2.13. The Morgan fingerprint density at radius 1 is 1.58 bits per heavy atom. The number of primary amides is 1. The number of nitrogens with two attached hydrogens (primary N) is 1. The van der Waals surface area contributed by atoms with Gasteiger partial charge in [-0.05, 0) is 0 Å². The highest BCUT2D eigenvalue weighted by atomic mass is 16.2. The van der Waals surface area contributed by atoms with Crippen molar-refractivity contribution in [2.24, 2.45) is 5.73 Å². The smallest absolute Gasteiger partial charge is 0.335 e. The van der Waals surface area contributed by atoms with E-state index >= 15 is 0 Å². The van der Waals surface area contributed by atoms with E-state index in [0.29, 0.717) is 4.90 Å². The normalized spacial score (nSPS) is 8.58. The SMILES string of the molecule is N#CN(C(N)=O)c1ncncn1. The van der Waals surface area contributed by atoms with Crippen LogP contribution < -0.4 is 10.6 Å². The molecule has 1 aromatic rings. The van der Waals surface area contributed by atoms with Crippen LogP contribution in [0.3, 0.4) is 0 Å². The molecule has 0 unspecified atom stereocenters. The molecule has 12 heavy (non-hydrogen) atoms. The zero-order valence-corrected chi connectivity index (χ0v) is 5.88. The number of urea groups is 1. The number of nitrogens with zero attached hydrogens (tertiary/aromatic N) is 5. The number of rotatable bonds is 1. The summed E-state index contributed by atoms with van der Waals surface area (Å²) in [7, 11) is 0. The van der Waals surface area contributed by atoms with Crippen LogP contribution in [0.4, 0.5) is 10.7 Å². The summed E-state index contributed by atoms with van der Waals surface area (Å²) in [5, 5.41) is 8.42. The van der Waals surface area contributed by atoms with Crippen LogP contribution in [0, 0.1) is 11.5 Å². The Hall–Kier alpha value is -2.23. The fourth-order valence-electron chi connectivity index (χ4n) is 0.541. The Bertz CT molecular complexity index is 316. The number of amides is 2. The molecule has 2 N–H and O–H groups in total. The van der Waals surface area contributed by atoms with Crippen molar-refractivity contribution >= 4 is 12.0 Å². The minimum Gasteiger partial charge on any atom is -0.350 e. The summed E-state index contributed by atoms with van der Waals surface area (Å²) in [5.41, 5.74) is 4.84. The van der Waals surface area contributed by atoms with Gasteiger partial charge in [-0.15, -0.1) is 0 Å². The maximum absolute atomic E-state index is 10.6. The van der Waals surface area contributed by atoms with Crippen molar-refractivity contribution < 1.29 is 4.79 Å². The second-order valence-corrected chi connectivity index (χ2v) is 1.71. The van der Waals surface area contributed by atoms with E-state index in [2.05, 4.69) is 15.0 Å². The van der Waals surface area contributed by atoms with Crippen molar-refractivity contribution in [3.63, 3.8) is 0 Å². The van der Waals surface area contributed by atoms with E-state index in [1.807, 2.05) is 0 Å². The number of hydrogen-bond acceptors (Lipinski definition) is 5. The molecular weight excluding hydrogens is 160 g/mol. The second kappa shape index (κ2) is 3.25. The number of nitriles is 1. The van der Waals surface area contributed by atoms with Crippen LogP contribution in [0.15, 0.2) is 12.7 Å². The maximum Gasteiger partial charge on any atom is 0.335 e. The predicted octanol–water partition coefficient (Wildman–Crippen LogP) is -0.762.